The molecular weight excluding hydrogens is 627 g/mol. The summed E-state index contributed by atoms with van der Waals surface area (Å²) >= 11 is 0. The van der Waals surface area contributed by atoms with Crippen LogP contribution in [0.4, 0.5) is 0 Å². The van der Waals surface area contributed by atoms with Gasteiger partial charge in [-0.15, -0.1) is 0 Å². The molecule has 11 heteroatoms. The van der Waals surface area contributed by atoms with Gasteiger partial charge >= 0.3 is 16.8 Å². The second-order valence-corrected chi connectivity index (χ2v) is 12.4. The quantitative estimate of drug-likeness (QED) is 0.175. The Morgan fingerprint density at radius 2 is 0.837 bits per heavy atom. The van der Waals surface area contributed by atoms with E-state index in [0.717, 1.165) is 10.8 Å². The van der Waals surface area contributed by atoms with E-state index in [0.29, 0.717) is 22.2 Å². The summed E-state index contributed by atoms with van der Waals surface area (Å²) < 4.78 is 57.4. The van der Waals surface area contributed by atoms with Crippen LogP contribution in [0.15, 0.2) is 144 Å². The average molecular weight is 654 g/mol. The standard InChI is InChI=1S/2C16H13N2O2S.Co/c2*19-21(20,18-12-14-8-3-4-11-17-14)16-10-5-7-13-6-1-2-9-15(13)16;/h2*1-11H,12H2;/q2*-1;+2. The molecule has 0 saturated heterocycles. The first kappa shape index (κ1) is 32.0. The molecule has 6 rings (SSSR count). The molecule has 0 bridgehead atoms. The van der Waals surface area contributed by atoms with Crippen molar-refractivity contribution in [1.82, 2.24) is 9.97 Å². The zero-order valence-corrected chi connectivity index (χ0v) is 25.4. The van der Waals surface area contributed by atoms with Gasteiger partial charge in [0.05, 0.1) is 9.79 Å². The summed E-state index contributed by atoms with van der Waals surface area (Å²) in [7, 11) is -7.40. The summed E-state index contributed by atoms with van der Waals surface area (Å²) in [6.45, 7) is 0.0960. The van der Waals surface area contributed by atoms with E-state index in [1.807, 2.05) is 60.7 Å². The van der Waals surface area contributed by atoms with Gasteiger partial charge < -0.3 is 9.44 Å². The number of fused-ring (bicyclic) bond motifs is 2. The zero-order valence-electron chi connectivity index (χ0n) is 22.7. The summed E-state index contributed by atoms with van der Waals surface area (Å²) in [6.07, 6.45) is 3.24. The average Bonchev–Trinajstić information content (AvgIpc) is 3.03. The molecule has 0 saturated carbocycles. The van der Waals surface area contributed by atoms with Crippen molar-refractivity contribution < 1.29 is 33.6 Å². The molecule has 0 fully saturated rings. The Kier molecular flexibility index (Phi) is 10.8. The van der Waals surface area contributed by atoms with E-state index >= 15 is 0 Å². The van der Waals surface area contributed by atoms with Crippen molar-refractivity contribution in [3.05, 3.63) is 155 Å². The molecule has 6 aromatic rings. The van der Waals surface area contributed by atoms with Crippen molar-refractivity contribution in [3.8, 4) is 0 Å². The maximum absolute atomic E-state index is 12.4. The molecule has 0 spiro atoms. The van der Waals surface area contributed by atoms with E-state index in [2.05, 4.69) is 19.4 Å². The van der Waals surface area contributed by atoms with E-state index in [-0.39, 0.29) is 39.7 Å². The second-order valence-electron chi connectivity index (χ2n) is 9.12. The predicted octanol–water partition coefficient (Wildman–Crippen LogP) is 6.99. The van der Waals surface area contributed by atoms with Crippen LogP contribution in [0.1, 0.15) is 11.4 Å². The van der Waals surface area contributed by atoms with E-state index in [1.165, 1.54) is 0 Å². The molecule has 0 amide bonds. The third kappa shape index (κ3) is 8.11. The van der Waals surface area contributed by atoms with Crippen LogP contribution >= 0.6 is 0 Å². The number of hydrogen-bond acceptors (Lipinski definition) is 6. The molecule has 0 unspecified atom stereocenters. The Balaban J connectivity index is 0.000000192. The summed E-state index contributed by atoms with van der Waals surface area (Å²) in [5.41, 5.74) is 1.25. The van der Waals surface area contributed by atoms with Crippen molar-refractivity contribution in [2.45, 2.75) is 22.9 Å². The van der Waals surface area contributed by atoms with Crippen LogP contribution in [-0.4, -0.2) is 26.8 Å². The fourth-order valence-corrected chi connectivity index (χ4v) is 6.58. The minimum atomic E-state index is -3.70. The summed E-state index contributed by atoms with van der Waals surface area (Å²) in [5, 5.41) is 3.13. The van der Waals surface area contributed by atoms with Gasteiger partial charge in [-0.3, -0.25) is 9.97 Å². The monoisotopic (exact) mass is 653 g/mol. The van der Waals surface area contributed by atoms with Gasteiger partial charge in [0.1, 0.15) is 20.0 Å². The first-order valence-corrected chi connectivity index (χ1v) is 15.8. The van der Waals surface area contributed by atoms with Gasteiger partial charge in [-0.2, -0.15) is 0 Å². The SMILES string of the molecule is O=S(=O)([N-]Cc1ccccn1)c1cccc2ccccc12.O=S(=O)([N-]Cc1ccccn1)c1cccc2ccccc12.[Co+2]. The fraction of sp³-hybridized carbons (Fsp3) is 0.0625. The van der Waals surface area contributed by atoms with E-state index in [9.17, 15) is 16.8 Å². The fourth-order valence-electron chi connectivity index (χ4n) is 4.27. The van der Waals surface area contributed by atoms with Crippen LogP contribution in [0.2, 0.25) is 0 Å². The summed E-state index contributed by atoms with van der Waals surface area (Å²) in [6, 6.07) is 35.8. The summed E-state index contributed by atoms with van der Waals surface area (Å²) in [4.78, 5) is 8.63. The maximum Gasteiger partial charge on any atom is 2.00 e. The van der Waals surface area contributed by atoms with Gasteiger partial charge in [-0.25, -0.2) is 16.8 Å². The molecule has 0 aliphatic heterocycles. The third-order valence-electron chi connectivity index (χ3n) is 6.30. The van der Waals surface area contributed by atoms with E-state index in [1.54, 1.807) is 73.1 Å². The third-order valence-corrected chi connectivity index (χ3v) is 9.06. The van der Waals surface area contributed by atoms with Crippen LogP contribution in [0, 0.1) is 0 Å². The normalized spacial score (nSPS) is 11.3. The Morgan fingerprint density at radius 1 is 0.465 bits per heavy atom. The van der Waals surface area contributed by atoms with Gasteiger partial charge in [0.15, 0.2) is 0 Å². The molecule has 2 heterocycles. The number of nitrogens with zero attached hydrogens (tertiary/aromatic N) is 4. The molecular formula is C32H26CoN4O4S2. The van der Waals surface area contributed by atoms with Crippen molar-refractivity contribution in [2.24, 2.45) is 0 Å². The molecule has 219 valence electrons. The first-order valence-electron chi connectivity index (χ1n) is 13.0. The van der Waals surface area contributed by atoms with E-state index in [4.69, 9.17) is 0 Å². The number of pyridine rings is 2. The van der Waals surface area contributed by atoms with Crippen molar-refractivity contribution in [1.29, 1.82) is 0 Å². The smallest absolute Gasteiger partial charge is 0.540 e. The number of benzene rings is 4. The summed E-state index contributed by atoms with van der Waals surface area (Å²) in [5.74, 6) is 0. The van der Waals surface area contributed by atoms with Crippen molar-refractivity contribution >= 4 is 41.6 Å². The van der Waals surface area contributed by atoms with E-state index < -0.39 is 20.0 Å². The van der Waals surface area contributed by atoms with Gasteiger partial charge in [-0.1, -0.05) is 98.0 Å². The van der Waals surface area contributed by atoms with Crippen LogP contribution in [-0.2, 0) is 49.9 Å². The van der Waals surface area contributed by atoms with Crippen LogP contribution in [0.25, 0.3) is 31.0 Å². The zero-order chi connectivity index (χ0) is 29.4. The molecule has 43 heavy (non-hydrogen) atoms. The van der Waals surface area contributed by atoms with Crippen LogP contribution < -0.4 is 0 Å². The topological polar surface area (TPSA) is 122 Å². The molecule has 4 aromatic carbocycles. The van der Waals surface area contributed by atoms with Crippen molar-refractivity contribution in [2.75, 3.05) is 0 Å². The largest absolute Gasteiger partial charge is 2.00 e. The molecule has 0 N–H and O–H groups in total. The molecule has 8 nitrogen and oxygen atoms in total. The molecule has 0 atom stereocenters. The van der Waals surface area contributed by atoms with Gasteiger partial charge in [0, 0.05) is 23.8 Å². The Hall–Kier alpha value is -3.97. The Morgan fingerprint density at radius 3 is 1.23 bits per heavy atom. The van der Waals surface area contributed by atoms with Gasteiger partial charge in [-0.05, 0) is 57.9 Å². The van der Waals surface area contributed by atoms with Crippen LogP contribution in [0.5, 0.6) is 0 Å². The van der Waals surface area contributed by atoms with Gasteiger partial charge in [0.2, 0.25) is 0 Å². The number of aromatic nitrogens is 2. The second kappa shape index (κ2) is 14.5. The molecule has 2 aromatic heterocycles. The molecule has 0 aliphatic rings. The Bertz CT molecular complexity index is 1870. The molecule has 0 aliphatic carbocycles. The first-order chi connectivity index (χ1) is 20.3. The number of hydrogen-bond donors (Lipinski definition) is 0. The Labute approximate surface area is 261 Å². The predicted molar refractivity (Wildman–Crippen MR) is 165 cm³/mol. The number of sulfonamides is 2. The maximum atomic E-state index is 12.4. The minimum Gasteiger partial charge on any atom is -0.540 e. The number of rotatable bonds is 8. The molecule has 1 radical (unpaired) electrons. The van der Waals surface area contributed by atoms with Crippen LogP contribution in [0.3, 0.4) is 0 Å². The minimum absolute atomic E-state index is 0. The van der Waals surface area contributed by atoms with Crippen molar-refractivity contribution in [3.63, 3.8) is 0 Å². The van der Waals surface area contributed by atoms with Gasteiger partial charge in [0.25, 0.3) is 0 Å².